The molecule has 0 amide bonds. The maximum absolute atomic E-state index is 6.47. The first-order valence-corrected chi connectivity index (χ1v) is 7.08. The molecular weight excluding hydrogens is 210 g/mol. The first-order valence-electron chi connectivity index (χ1n) is 7.08. The fourth-order valence-electron chi connectivity index (χ4n) is 5.35. The summed E-state index contributed by atoms with van der Waals surface area (Å²) in [5.41, 5.74) is 8.50. The van der Waals surface area contributed by atoms with E-state index in [1.807, 2.05) is 0 Å². The van der Waals surface area contributed by atoms with Gasteiger partial charge in [0.25, 0.3) is 0 Å². The van der Waals surface area contributed by atoms with Crippen LogP contribution < -0.4 is 5.73 Å². The molecule has 4 fully saturated rings. The highest BCUT2D eigenvalue weighted by Crippen LogP contribution is 2.78. The van der Waals surface area contributed by atoms with Gasteiger partial charge in [0, 0.05) is 6.04 Å². The van der Waals surface area contributed by atoms with E-state index in [2.05, 4.69) is 20.4 Å². The number of allylic oxidation sites excluding steroid dienone is 1. The average molecular weight is 233 g/mol. The Hall–Kier alpha value is -0.340. The van der Waals surface area contributed by atoms with Crippen molar-refractivity contribution in [2.45, 2.75) is 57.3 Å². The molecule has 3 aliphatic carbocycles. The van der Waals surface area contributed by atoms with Gasteiger partial charge in [0.15, 0.2) is 0 Å². The SMILES string of the molecule is C=C(C)[C@H]1CC[C@H](N)[C@]23CC4O[C@]4(C)CC2C13. The number of ether oxygens (including phenoxy) is 1. The monoisotopic (exact) mass is 233 g/mol. The van der Waals surface area contributed by atoms with Crippen molar-refractivity contribution in [3.8, 4) is 0 Å². The quantitative estimate of drug-likeness (QED) is 0.558. The molecular formula is C15H23NO. The van der Waals surface area contributed by atoms with Gasteiger partial charge in [0.2, 0.25) is 0 Å². The van der Waals surface area contributed by atoms with Gasteiger partial charge in [-0.3, -0.25) is 0 Å². The summed E-state index contributed by atoms with van der Waals surface area (Å²) < 4.78 is 5.88. The van der Waals surface area contributed by atoms with Crippen molar-refractivity contribution in [3.63, 3.8) is 0 Å². The number of nitrogens with two attached hydrogens (primary N) is 1. The molecule has 4 rings (SSSR count). The predicted molar refractivity (Wildman–Crippen MR) is 67.4 cm³/mol. The summed E-state index contributed by atoms with van der Waals surface area (Å²) in [6.07, 6.45) is 5.44. The molecule has 1 saturated heterocycles. The second kappa shape index (κ2) is 2.80. The van der Waals surface area contributed by atoms with Crippen molar-refractivity contribution in [3.05, 3.63) is 12.2 Å². The molecule has 2 N–H and O–H groups in total. The molecule has 7 atom stereocenters. The minimum atomic E-state index is 0.215. The van der Waals surface area contributed by atoms with Gasteiger partial charge in [-0.15, -0.1) is 0 Å². The van der Waals surface area contributed by atoms with Gasteiger partial charge in [0.05, 0.1) is 11.7 Å². The van der Waals surface area contributed by atoms with Gasteiger partial charge in [-0.2, -0.15) is 0 Å². The van der Waals surface area contributed by atoms with E-state index < -0.39 is 0 Å². The topological polar surface area (TPSA) is 38.5 Å². The average Bonchev–Trinajstić information content (AvgIpc) is 3.07. The lowest BCUT2D eigenvalue weighted by molar-refractivity contribution is 0.205. The van der Waals surface area contributed by atoms with E-state index in [1.165, 1.54) is 31.3 Å². The van der Waals surface area contributed by atoms with Crippen LogP contribution in [-0.2, 0) is 4.74 Å². The zero-order valence-electron chi connectivity index (χ0n) is 10.9. The molecule has 4 aliphatic rings. The van der Waals surface area contributed by atoms with E-state index in [0.29, 0.717) is 17.6 Å². The van der Waals surface area contributed by atoms with Gasteiger partial charge in [-0.25, -0.2) is 0 Å². The zero-order valence-corrected chi connectivity index (χ0v) is 10.9. The molecule has 0 radical (unpaired) electrons. The molecule has 2 heteroatoms. The highest BCUT2D eigenvalue weighted by atomic mass is 16.6. The van der Waals surface area contributed by atoms with Crippen LogP contribution in [0.4, 0.5) is 0 Å². The molecule has 1 aliphatic heterocycles. The second-order valence-corrected chi connectivity index (χ2v) is 7.21. The summed E-state index contributed by atoms with van der Waals surface area (Å²) >= 11 is 0. The normalized spacial score (nSPS) is 63.1. The van der Waals surface area contributed by atoms with Crippen molar-refractivity contribution >= 4 is 0 Å². The van der Waals surface area contributed by atoms with E-state index in [-0.39, 0.29) is 5.60 Å². The smallest absolute Gasteiger partial charge is 0.0923 e. The Kier molecular flexibility index (Phi) is 1.74. The highest BCUT2D eigenvalue weighted by molar-refractivity contribution is 5.30. The Balaban J connectivity index is 1.68. The van der Waals surface area contributed by atoms with Gasteiger partial charge >= 0.3 is 0 Å². The summed E-state index contributed by atoms with van der Waals surface area (Å²) in [5.74, 6) is 2.39. The zero-order chi connectivity index (χ0) is 12.0. The summed E-state index contributed by atoms with van der Waals surface area (Å²) in [6, 6.07) is 0.418. The van der Waals surface area contributed by atoms with Gasteiger partial charge in [-0.05, 0) is 62.7 Å². The Labute approximate surface area is 104 Å². The fraction of sp³-hybridized carbons (Fsp3) is 0.867. The number of epoxide rings is 1. The third kappa shape index (κ3) is 1.09. The lowest BCUT2D eigenvalue weighted by Gasteiger charge is -2.35. The minimum absolute atomic E-state index is 0.215. The largest absolute Gasteiger partial charge is 0.366 e. The number of hydrogen-bond acceptors (Lipinski definition) is 2. The van der Waals surface area contributed by atoms with Crippen LogP contribution in [0.3, 0.4) is 0 Å². The van der Waals surface area contributed by atoms with Crippen LogP contribution >= 0.6 is 0 Å². The maximum Gasteiger partial charge on any atom is 0.0923 e. The lowest BCUT2D eigenvalue weighted by atomic mass is 9.72. The van der Waals surface area contributed by atoms with Crippen LogP contribution in [0.5, 0.6) is 0 Å². The molecule has 1 heterocycles. The molecule has 0 aromatic heterocycles. The van der Waals surface area contributed by atoms with Crippen molar-refractivity contribution in [2.24, 2.45) is 28.9 Å². The number of rotatable bonds is 1. The maximum atomic E-state index is 6.47. The molecule has 2 nitrogen and oxygen atoms in total. The van der Waals surface area contributed by atoms with Gasteiger partial charge in [0.1, 0.15) is 0 Å². The second-order valence-electron chi connectivity index (χ2n) is 7.21. The lowest BCUT2D eigenvalue weighted by Crippen LogP contribution is -2.41. The third-order valence-electron chi connectivity index (χ3n) is 6.38. The first kappa shape index (κ1) is 10.6. The number of hydrogen-bond donors (Lipinski definition) is 1. The number of fused-ring (bicyclic) bond motifs is 2. The van der Waals surface area contributed by atoms with Crippen molar-refractivity contribution in [1.29, 1.82) is 0 Å². The molecule has 0 bridgehead atoms. The molecule has 17 heavy (non-hydrogen) atoms. The Morgan fingerprint density at radius 2 is 2.12 bits per heavy atom. The van der Waals surface area contributed by atoms with Crippen LogP contribution in [-0.4, -0.2) is 17.7 Å². The minimum Gasteiger partial charge on any atom is -0.366 e. The molecule has 0 aromatic rings. The van der Waals surface area contributed by atoms with Crippen molar-refractivity contribution in [1.82, 2.24) is 0 Å². The Bertz CT molecular complexity index is 406. The van der Waals surface area contributed by atoms with E-state index in [0.717, 1.165) is 17.8 Å². The third-order valence-corrected chi connectivity index (χ3v) is 6.38. The molecule has 3 unspecified atom stereocenters. The van der Waals surface area contributed by atoms with Crippen LogP contribution in [0, 0.1) is 23.2 Å². The Morgan fingerprint density at radius 1 is 1.35 bits per heavy atom. The van der Waals surface area contributed by atoms with Gasteiger partial charge < -0.3 is 10.5 Å². The van der Waals surface area contributed by atoms with E-state index in [4.69, 9.17) is 10.5 Å². The summed E-state index contributed by atoms with van der Waals surface area (Å²) in [7, 11) is 0. The van der Waals surface area contributed by atoms with Crippen molar-refractivity contribution < 1.29 is 4.74 Å². The standard InChI is InChI=1S/C15H23NO/c1-8(2)9-4-5-11(16)15-7-12-14(3,17-12)6-10(15)13(9)15/h9-13H,1,4-7,16H2,2-3H3/t9-,10?,11+,12?,13?,14-,15+/m1/s1. The highest BCUT2D eigenvalue weighted by Gasteiger charge is 2.78. The predicted octanol–water partition coefficient (Wildman–Crippen LogP) is 2.48. The molecule has 3 saturated carbocycles. The first-order chi connectivity index (χ1) is 7.99. The van der Waals surface area contributed by atoms with Crippen LogP contribution in [0.2, 0.25) is 0 Å². The van der Waals surface area contributed by atoms with Crippen LogP contribution in [0.15, 0.2) is 12.2 Å². The Morgan fingerprint density at radius 3 is 2.82 bits per heavy atom. The summed E-state index contributed by atoms with van der Waals surface area (Å²) in [6.45, 7) is 8.71. The van der Waals surface area contributed by atoms with E-state index in [9.17, 15) is 0 Å². The van der Waals surface area contributed by atoms with Crippen molar-refractivity contribution in [2.75, 3.05) is 0 Å². The molecule has 94 valence electrons. The molecule has 1 spiro atoms. The van der Waals surface area contributed by atoms with Crippen LogP contribution in [0.1, 0.15) is 39.5 Å². The van der Waals surface area contributed by atoms with Gasteiger partial charge in [-0.1, -0.05) is 12.2 Å². The van der Waals surface area contributed by atoms with E-state index in [1.54, 1.807) is 0 Å². The molecule has 0 aromatic carbocycles. The fourth-order valence-corrected chi connectivity index (χ4v) is 5.35. The van der Waals surface area contributed by atoms with E-state index >= 15 is 0 Å². The summed E-state index contributed by atoms with van der Waals surface area (Å²) in [5, 5.41) is 0. The summed E-state index contributed by atoms with van der Waals surface area (Å²) in [4.78, 5) is 0. The van der Waals surface area contributed by atoms with Crippen LogP contribution in [0.25, 0.3) is 0 Å².